The first kappa shape index (κ1) is 14.5. The molecule has 1 aliphatic rings. The minimum absolute atomic E-state index is 0.235. The molecule has 1 saturated carbocycles. The van der Waals surface area contributed by atoms with E-state index in [0.29, 0.717) is 6.04 Å². The number of rotatable bonds is 4. The summed E-state index contributed by atoms with van der Waals surface area (Å²) in [5.41, 5.74) is 0.166. The summed E-state index contributed by atoms with van der Waals surface area (Å²) in [7, 11) is 1.44. The SMILES string of the molecule is COC(=O)C(C)(NC1CCCC1)c1ccc(Br)cc1. The fourth-order valence-corrected chi connectivity index (χ4v) is 2.99. The van der Waals surface area contributed by atoms with E-state index in [4.69, 9.17) is 4.74 Å². The van der Waals surface area contributed by atoms with Crippen molar-refractivity contribution in [3.8, 4) is 0 Å². The third kappa shape index (κ3) is 3.18. The Morgan fingerprint density at radius 3 is 2.42 bits per heavy atom. The Hall–Kier alpha value is -0.870. The molecule has 0 spiro atoms. The monoisotopic (exact) mass is 325 g/mol. The number of esters is 1. The number of halogens is 1. The summed E-state index contributed by atoms with van der Waals surface area (Å²) in [6.07, 6.45) is 4.72. The van der Waals surface area contributed by atoms with Gasteiger partial charge in [0.1, 0.15) is 5.54 Å². The first-order valence-corrected chi connectivity index (χ1v) is 7.48. The van der Waals surface area contributed by atoms with Gasteiger partial charge in [0.25, 0.3) is 0 Å². The first-order chi connectivity index (χ1) is 9.06. The van der Waals surface area contributed by atoms with Crippen molar-refractivity contribution in [3.05, 3.63) is 34.3 Å². The predicted octanol–water partition coefficient (Wildman–Crippen LogP) is 3.37. The van der Waals surface area contributed by atoms with Crippen LogP contribution in [0.1, 0.15) is 38.2 Å². The van der Waals surface area contributed by atoms with Gasteiger partial charge in [-0.25, -0.2) is 4.79 Å². The maximum atomic E-state index is 12.2. The van der Waals surface area contributed by atoms with E-state index in [9.17, 15) is 4.79 Å². The second kappa shape index (κ2) is 6.06. The number of benzene rings is 1. The maximum Gasteiger partial charge on any atom is 0.330 e. The number of carbonyl (C=O) groups excluding carboxylic acids is 1. The lowest BCUT2D eigenvalue weighted by molar-refractivity contribution is -0.148. The standard InChI is InChI=1S/C15H20BrNO2/c1-15(14(18)19-2,17-13-5-3-4-6-13)11-7-9-12(16)10-8-11/h7-10,13,17H,3-6H2,1-2H3. The van der Waals surface area contributed by atoms with Crippen LogP contribution < -0.4 is 5.32 Å². The maximum absolute atomic E-state index is 12.2. The summed E-state index contributed by atoms with van der Waals surface area (Å²) in [5, 5.41) is 3.49. The zero-order valence-electron chi connectivity index (χ0n) is 11.4. The largest absolute Gasteiger partial charge is 0.467 e. The molecule has 1 aromatic rings. The number of carbonyl (C=O) groups is 1. The molecule has 0 amide bonds. The summed E-state index contributed by atoms with van der Waals surface area (Å²) < 4.78 is 6.00. The average Bonchev–Trinajstić information content (AvgIpc) is 2.91. The van der Waals surface area contributed by atoms with Crippen molar-refractivity contribution in [3.63, 3.8) is 0 Å². The van der Waals surface area contributed by atoms with Gasteiger partial charge in [-0.3, -0.25) is 5.32 Å². The van der Waals surface area contributed by atoms with Gasteiger partial charge in [0.15, 0.2) is 0 Å². The lowest BCUT2D eigenvalue weighted by Crippen LogP contribution is -2.51. The Bertz CT molecular complexity index is 440. The molecule has 2 rings (SSSR count). The number of hydrogen-bond acceptors (Lipinski definition) is 3. The van der Waals surface area contributed by atoms with Crippen LogP contribution >= 0.6 is 15.9 Å². The second-order valence-electron chi connectivity index (χ2n) is 5.25. The third-order valence-electron chi connectivity index (χ3n) is 3.86. The average molecular weight is 326 g/mol. The normalized spacial score (nSPS) is 19.1. The van der Waals surface area contributed by atoms with Gasteiger partial charge in [0, 0.05) is 10.5 Å². The number of nitrogens with one attached hydrogen (secondary N) is 1. The molecule has 1 atom stereocenters. The quantitative estimate of drug-likeness (QED) is 0.862. The van der Waals surface area contributed by atoms with E-state index in [-0.39, 0.29) is 5.97 Å². The van der Waals surface area contributed by atoms with Gasteiger partial charge in [-0.1, -0.05) is 40.9 Å². The Labute approximate surface area is 122 Å². The highest BCUT2D eigenvalue weighted by Gasteiger charge is 2.38. The van der Waals surface area contributed by atoms with Crippen LogP contribution in [0.15, 0.2) is 28.7 Å². The first-order valence-electron chi connectivity index (χ1n) is 6.68. The molecule has 19 heavy (non-hydrogen) atoms. The molecule has 0 aromatic heterocycles. The Morgan fingerprint density at radius 2 is 1.89 bits per heavy atom. The van der Waals surface area contributed by atoms with Crippen LogP contribution in [-0.4, -0.2) is 19.1 Å². The molecular formula is C15H20BrNO2. The van der Waals surface area contributed by atoms with Crippen molar-refractivity contribution in [1.29, 1.82) is 0 Å². The topological polar surface area (TPSA) is 38.3 Å². The minimum Gasteiger partial charge on any atom is -0.467 e. The highest BCUT2D eigenvalue weighted by atomic mass is 79.9. The molecule has 0 bridgehead atoms. The second-order valence-corrected chi connectivity index (χ2v) is 6.16. The summed E-state index contributed by atoms with van der Waals surface area (Å²) >= 11 is 3.42. The molecule has 0 heterocycles. The van der Waals surface area contributed by atoms with Crippen LogP contribution in [0.2, 0.25) is 0 Å². The van der Waals surface area contributed by atoms with E-state index in [0.717, 1.165) is 22.9 Å². The zero-order valence-corrected chi connectivity index (χ0v) is 13.0. The van der Waals surface area contributed by atoms with E-state index in [1.54, 1.807) is 0 Å². The number of ether oxygens (including phenoxy) is 1. The van der Waals surface area contributed by atoms with Crippen LogP contribution in [-0.2, 0) is 15.1 Å². The van der Waals surface area contributed by atoms with E-state index in [1.807, 2.05) is 31.2 Å². The van der Waals surface area contributed by atoms with Gasteiger partial charge in [-0.2, -0.15) is 0 Å². The van der Waals surface area contributed by atoms with Crippen LogP contribution in [0.5, 0.6) is 0 Å². The minimum atomic E-state index is -0.773. The van der Waals surface area contributed by atoms with E-state index >= 15 is 0 Å². The van der Waals surface area contributed by atoms with Gasteiger partial charge in [-0.15, -0.1) is 0 Å². The lowest BCUT2D eigenvalue weighted by atomic mass is 9.90. The Kier molecular flexibility index (Phi) is 4.63. The summed E-state index contributed by atoms with van der Waals surface area (Å²) in [6, 6.07) is 8.22. The van der Waals surface area contributed by atoms with Crippen molar-refractivity contribution in [2.24, 2.45) is 0 Å². The summed E-state index contributed by atoms with van der Waals surface area (Å²) in [5.74, 6) is -0.235. The van der Waals surface area contributed by atoms with Crippen LogP contribution in [0, 0.1) is 0 Å². The van der Waals surface area contributed by atoms with Crippen LogP contribution in [0.4, 0.5) is 0 Å². The third-order valence-corrected chi connectivity index (χ3v) is 4.39. The molecule has 104 valence electrons. The lowest BCUT2D eigenvalue weighted by Gasteiger charge is -2.31. The van der Waals surface area contributed by atoms with Crippen molar-refractivity contribution in [2.75, 3.05) is 7.11 Å². The molecule has 0 saturated heterocycles. The Balaban J connectivity index is 2.27. The van der Waals surface area contributed by atoms with Crippen LogP contribution in [0.25, 0.3) is 0 Å². The smallest absolute Gasteiger partial charge is 0.330 e. The van der Waals surface area contributed by atoms with Gasteiger partial charge in [0.2, 0.25) is 0 Å². The van der Waals surface area contributed by atoms with Gasteiger partial charge >= 0.3 is 5.97 Å². The molecule has 1 N–H and O–H groups in total. The van der Waals surface area contributed by atoms with E-state index in [2.05, 4.69) is 21.2 Å². The summed E-state index contributed by atoms with van der Waals surface area (Å²) in [4.78, 5) is 12.2. The molecule has 1 unspecified atom stereocenters. The fraction of sp³-hybridized carbons (Fsp3) is 0.533. The van der Waals surface area contributed by atoms with Gasteiger partial charge in [-0.05, 0) is 37.5 Å². The molecule has 0 radical (unpaired) electrons. The fourth-order valence-electron chi connectivity index (χ4n) is 2.73. The zero-order chi connectivity index (χ0) is 13.9. The molecule has 4 heteroatoms. The molecular weight excluding hydrogens is 306 g/mol. The molecule has 3 nitrogen and oxygen atoms in total. The van der Waals surface area contributed by atoms with Gasteiger partial charge in [0.05, 0.1) is 7.11 Å². The molecule has 1 fully saturated rings. The Morgan fingerprint density at radius 1 is 1.32 bits per heavy atom. The number of hydrogen-bond donors (Lipinski definition) is 1. The van der Waals surface area contributed by atoms with Crippen molar-refractivity contribution >= 4 is 21.9 Å². The van der Waals surface area contributed by atoms with Crippen molar-refractivity contribution in [1.82, 2.24) is 5.32 Å². The molecule has 1 aromatic carbocycles. The summed E-state index contributed by atoms with van der Waals surface area (Å²) in [6.45, 7) is 1.90. The number of methoxy groups -OCH3 is 1. The highest BCUT2D eigenvalue weighted by molar-refractivity contribution is 9.10. The molecule has 0 aliphatic heterocycles. The predicted molar refractivity (Wildman–Crippen MR) is 78.9 cm³/mol. The van der Waals surface area contributed by atoms with E-state index in [1.165, 1.54) is 20.0 Å². The van der Waals surface area contributed by atoms with Crippen molar-refractivity contribution < 1.29 is 9.53 Å². The van der Waals surface area contributed by atoms with Crippen molar-refractivity contribution in [2.45, 2.75) is 44.2 Å². The molecule has 1 aliphatic carbocycles. The highest BCUT2D eigenvalue weighted by Crippen LogP contribution is 2.28. The van der Waals surface area contributed by atoms with Crippen LogP contribution in [0.3, 0.4) is 0 Å². The van der Waals surface area contributed by atoms with Gasteiger partial charge < -0.3 is 4.74 Å². The van der Waals surface area contributed by atoms with E-state index < -0.39 is 5.54 Å².